The Morgan fingerprint density at radius 2 is 1.72 bits per heavy atom. The molecule has 0 bridgehead atoms. The zero-order valence-corrected chi connectivity index (χ0v) is 14.3. The summed E-state index contributed by atoms with van der Waals surface area (Å²) in [5.74, 6) is 0.791. The Morgan fingerprint density at radius 3 is 2.28 bits per heavy atom. The van der Waals surface area contributed by atoms with Crippen molar-refractivity contribution in [3.05, 3.63) is 24.3 Å². The number of hydrogen-bond donors (Lipinski definition) is 6. The molecule has 136 valence electrons. The van der Waals surface area contributed by atoms with Crippen LogP contribution in [0.4, 0.5) is 23.5 Å². The molecule has 1 aromatic carbocycles. The van der Waals surface area contributed by atoms with Gasteiger partial charge in [0.05, 0.1) is 11.1 Å². The van der Waals surface area contributed by atoms with Crippen molar-refractivity contribution < 1.29 is 13.0 Å². The standard InChI is InChI=1S/C13H20N8O3S/c1-8(15)17-12-19-11(16-7-6-14)20-13(21-12)18-9-2-4-10(5-3-9)25(22,23)24/h2-5,8H,6-7,14-15H2,1H3,(H,22,23,24)(H3,16,17,18,19,20,21). The summed E-state index contributed by atoms with van der Waals surface area (Å²) in [4.78, 5) is 12.3. The van der Waals surface area contributed by atoms with E-state index in [1.165, 1.54) is 24.3 Å². The van der Waals surface area contributed by atoms with Crippen LogP contribution in [-0.2, 0) is 10.1 Å². The molecule has 2 aromatic rings. The van der Waals surface area contributed by atoms with Crippen molar-refractivity contribution in [2.75, 3.05) is 29.0 Å². The van der Waals surface area contributed by atoms with Gasteiger partial charge in [0.15, 0.2) is 0 Å². The molecule has 0 aliphatic heterocycles. The molecule has 0 amide bonds. The van der Waals surface area contributed by atoms with Crippen LogP contribution in [0.5, 0.6) is 0 Å². The largest absolute Gasteiger partial charge is 0.353 e. The monoisotopic (exact) mass is 368 g/mol. The molecule has 0 spiro atoms. The Hall–Kier alpha value is -2.54. The van der Waals surface area contributed by atoms with Crippen LogP contribution in [0, 0.1) is 0 Å². The Balaban J connectivity index is 2.24. The quantitative estimate of drug-likeness (QED) is 0.271. The number of aromatic nitrogens is 3. The molecular weight excluding hydrogens is 348 g/mol. The topological polar surface area (TPSA) is 181 Å². The first-order valence-electron chi connectivity index (χ1n) is 7.34. The number of rotatable bonds is 8. The molecule has 0 radical (unpaired) electrons. The fourth-order valence-corrected chi connectivity index (χ4v) is 2.28. The van der Waals surface area contributed by atoms with Crippen molar-refractivity contribution in [2.45, 2.75) is 18.0 Å². The molecule has 25 heavy (non-hydrogen) atoms. The minimum absolute atomic E-state index is 0.210. The van der Waals surface area contributed by atoms with Gasteiger partial charge in [-0.15, -0.1) is 0 Å². The predicted octanol–water partition coefficient (Wildman–Crippen LogP) is -0.0509. The average molecular weight is 368 g/mol. The lowest BCUT2D eigenvalue weighted by atomic mass is 10.3. The van der Waals surface area contributed by atoms with Crippen molar-refractivity contribution in [1.29, 1.82) is 0 Å². The fraction of sp³-hybridized carbons (Fsp3) is 0.308. The summed E-state index contributed by atoms with van der Waals surface area (Å²) >= 11 is 0. The Labute approximate surface area is 145 Å². The van der Waals surface area contributed by atoms with Gasteiger partial charge < -0.3 is 27.4 Å². The van der Waals surface area contributed by atoms with E-state index in [4.69, 9.17) is 16.0 Å². The zero-order valence-electron chi connectivity index (χ0n) is 13.5. The Kier molecular flexibility index (Phi) is 6.03. The van der Waals surface area contributed by atoms with Gasteiger partial charge in [0.1, 0.15) is 0 Å². The maximum absolute atomic E-state index is 11.1. The smallest absolute Gasteiger partial charge is 0.294 e. The van der Waals surface area contributed by atoms with Crippen molar-refractivity contribution >= 4 is 33.7 Å². The third kappa shape index (κ3) is 5.79. The van der Waals surface area contributed by atoms with E-state index in [1.807, 2.05) is 0 Å². The molecule has 0 fully saturated rings. The van der Waals surface area contributed by atoms with Crippen LogP contribution in [-0.4, -0.2) is 47.2 Å². The summed E-state index contributed by atoms with van der Waals surface area (Å²) in [7, 11) is -4.24. The highest BCUT2D eigenvalue weighted by Gasteiger charge is 2.10. The van der Waals surface area contributed by atoms with Gasteiger partial charge in [0.2, 0.25) is 17.8 Å². The van der Waals surface area contributed by atoms with Gasteiger partial charge in [0, 0.05) is 18.8 Å². The predicted molar refractivity (Wildman–Crippen MR) is 94.2 cm³/mol. The normalized spacial score (nSPS) is 12.5. The second-order valence-corrected chi connectivity index (χ2v) is 6.50. The minimum Gasteiger partial charge on any atom is -0.353 e. The van der Waals surface area contributed by atoms with E-state index in [1.54, 1.807) is 6.92 Å². The third-order valence-electron chi connectivity index (χ3n) is 2.83. The summed E-state index contributed by atoms with van der Waals surface area (Å²) in [6.45, 7) is 2.61. The van der Waals surface area contributed by atoms with Crippen molar-refractivity contribution in [3.8, 4) is 0 Å². The number of anilines is 4. The second kappa shape index (κ2) is 8.02. The minimum atomic E-state index is -4.24. The summed E-state index contributed by atoms with van der Waals surface area (Å²) in [6.07, 6.45) is -0.369. The lowest BCUT2D eigenvalue weighted by Gasteiger charge is -2.12. The zero-order chi connectivity index (χ0) is 18.4. The lowest BCUT2D eigenvalue weighted by Crippen LogP contribution is -2.27. The summed E-state index contributed by atoms with van der Waals surface area (Å²) in [6, 6.07) is 5.46. The van der Waals surface area contributed by atoms with Gasteiger partial charge in [-0.25, -0.2) is 0 Å². The highest BCUT2D eigenvalue weighted by atomic mass is 32.2. The molecule has 12 heteroatoms. The fourth-order valence-electron chi connectivity index (χ4n) is 1.80. The molecule has 0 aliphatic rings. The number of benzene rings is 1. The first-order valence-corrected chi connectivity index (χ1v) is 8.78. The van der Waals surface area contributed by atoms with Crippen LogP contribution >= 0.6 is 0 Å². The van der Waals surface area contributed by atoms with Crippen LogP contribution < -0.4 is 27.4 Å². The molecule has 1 unspecified atom stereocenters. The van der Waals surface area contributed by atoms with Crippen molar-refractivity contribution in [2.24, 2.45) is 11.5 Å². The average Bonchev–Trinajstić information content (AvgIpc) is 2.51. The highest BCUT2D eigenvalue weighted by molar-refractivity contribution is 7.85. The lowest BCUT2D eigenvalue weighted by molar-refractivity contribution is 0.483. The first-order chi connectivity index (χ1) is 11.8. The molecule has 0 aliphatic carbocycles. The first kappa shape index (κ1) is 18.8. The van der Waals surface area contributed by atoms with Crippen LogP contribution in [0.25, 0.3) is 0 Å². The van der Waals surface area contributed by atoms with Gasteiger partial charge in [0.25, 0.3) is 10.1 Å². The molecule has 1 aromatic heterocycles. The number of nitrogens with two attached hydrogens (primary N) is 2. The molecule has 11 nitrogen and oxygen atoms in total. The van der Waals surface area contributed by atoms with Gasteiger partial charge in [-0.3, -0.25) is 4.55 Å². The van der Waals surface area contributed by atoms with Gasteiger partial charge in [-0.1, -0.05) is 0 Å². The van der Waals surface area contributed by atoms with Gasteiger partial charge >= 0.3 is 0 Å². The van der Waals surface area contributed by atoms with Crippen LogP contribution in [0.1, 0.15) is 6.92 Å². The summed E-state index contributed by atoms with van der Waals surface area (Å²) in [5, 5.41) is 8.73. The molecule has 1 heterocycles. The molecule has 8 N–H and O–H groups in total. The summed E-state index contributed by atoms with van der Waals surface area (Å²) < 4.78 is 31.1. The number of hydrogen-bond acceptors (Lipinski definition) is 10. The Bertz CT molecular complexity index is 811. The maximum Gasteiger partial charge on any atom is 0.294 e. The summed E-state index contributed by atoms with van der Waals surface area (Å²) in [5.41, 5.74) is 11.7. The Morgan fingerprint density at radius 1 is 1.12 bits per heavy atom. The van der Waals surface area contributed by atoms with E-state index >= 15 is 0 Å². The molecule has 0 saturated carbocycles. The molecule has 1 atom stereocenters. The van der Waals surface area contributed by atoms with E-state index in [9.17, 15) is 8.42 Å². The van der Waals surface area contributed by atoms with Crippen molar-refractivity contribution in [1.82, 2.24) is 15.0 Å². The molecular formula is C13H20N8O3S. The van der Waals surface area contributed by atoms with E-state index in [-0.39, 0.29) is 23.0 Å². The van der Waals surface area contributed by atoms with Crippen molar-refractivity contribution in [3.63, 3.8) is 0 Å². The maximum atomic E-state index is 11.1. The van der Waals surface area contributed by atoms with Crippen LogP contribution in [0.15, 0.2) is 29.2 Å². The molecule has 2 rings (SSSR count). The van der Waals surface area contributed by atoms with Gasteiger partial charge in [-0.05, 0) is 31.2 Å². The number of nitrogens with one attached hydrogen (secondary N) is 3. The van der Waals surface area contributed by atoms with E-state index in [0.29, 0.717) is 24.7 Å². The SMILES string of the molecule is CC(N)Nc1nc(NCCN)nc(Nc2ccc(S(=O)(=O)O)cc2)n1. The third-order valence-corrected chi connectivity index (χ3v) is 3.70. The molecule has 0 saturated heterocycles. The number of nitrogens with zero attached hydrogens (tertiary/aromatic N) is 3. The van der Waals surface area contributed by atoms with Crippen LogP contribution in [0.3, 0.4) is 0 Å². The van der Waals surface area contributed by atoms with E-state index < -0.39 is 10.1 Å². The second-order valence-electron chi connectivity index (χ2n) is 5.08. The van der Waals surface area contributed by atoms with Gasteiger partial charge in [-0.2, -0.15) is 23.4 Å². The highest BCUT2D eigenvalue weighted by Crippen LogP contribution is 2.18. The van der Waals surface area contributed by atoms with E-state index in [2.05, 4.69) is 30.9 Å². The van der Waals surface area contributed by atoms with E-state index in [0.717, 1.165) is 0 Å². The van der Waals surface area contributed by atoms with Crippen LogP contribution in [0.2, 0.25) is 0 Å².